The zero-order chi connectivity index (χ0) is 15.1. The van der Waals surface area contributed by atoms with Crippen LogP contribution in [0.15, 0.2) is 10.5 Å². The van der Waals surface area contributed by atoms with Crippen LogP contribution in [0.3, 0.4) is 0 Å². The highest BCUT2D eigenvalue weighted by Crippen LogP contribution is 2.24. The van der Waals surface area contributed by atoms with Crippen molar-refractivity contribution in [2.24, 2.45) is 0 Å². The number of H-pyrrole nitrogens is 1. The van der Waals surface area contributed by atoms with Gasteiger partial charge in [0.15, 0.2) is 5.82 Å². The minimum absolute atomic E-state index is 0.0337. The molecule has 2 aromatic heterocycles. The molecule has 0 aliphatic rings. The SMILES string of the molecule is Cc1oc(C)c(C(=O)Nc2cc(C(C)(C)C)[nH]n2)c1C. The number of hydrogen-bond donors (Lipinski definition) is 2. The Bertz CT molecular complexity index is 645. The van der Waals surface area contributed by atoms with Crippen LogP contribution in [-0.2, 0) is 5.41 Å². The predicted octanol–water partition coefficient (Wildman–Crippen LogP) is 3.48. The van der Waals surface area contributed by atoms with Gasteiger partial charge in [-0.15, -0.1) is 0 Å². The third kappa shape index (κ3) is 2.61. The standard InChI is InChI=1S/C15H21N3O2/c1-8-9(2)20-10(3)13(8)14(19)16-12-7-11(17-18-12)15(4,5)6/h7H,1-6H3,(H2,16,17,18,19). The number of rotatable bonds is 2. The van der Waals surface area contributed by atoms with Crippen molar-refractivity contribution in [2.45, 2.75) is 47.0 Å². The number of carbonyl (C=O) groups is 1. The van der Waals surface area contributed by atoms with E-state index in [1.807, 2.05) is 19.9 Å². The fourth-order valence-electron chi connectivity index (χ4n) is 2.08. The molecular formula is C15H21N3O2. The molecule has 0 aliphatic carbocycles. The first kappa shape index (κ1) is 14.4. The first-order valence-electron chi connectivity index (χ1n) is 6.64. The molecule has 5 heteroatoms. The van der Waals surface area contributed by atoms with Gasteiger partial charge in [0.2, 0.25) is 0 Å². The van der Waals surface area contributed by atoms with Crippen molar-refractivity contribution < 1.29 is 9.21 Å². The van der Waals surface area contributed by atoms with E-state index in [1.165, 1.54) is 0 Å². The second-order valence-electron chi connectivity index (χ2n) is 6.09. The lowest BCUT2D eigenvalue weighted by atomic mass is 9.92. The molecule has 2 N–H and O–H groups in total. The monoisotopic (exact) mass is 275 g/mol. The van der Waals surface area contributed by atoms with Gasteiger partial charge in [0.1, 0.15) is 11.5 Å². The van der Waals surface area contributed by atoms with Crippen molar-refractivity contribution in [2.75, 3.05) is 5.32 Å². The number of hydrogen-bond acceptors (Lipinski definition) is 3. The molecule has 0 spiro atoms. The number of nitrogens with one attached hydrogen (secondary N) is 2. The molecule has 1 amide bonds. The molecule has 0 atom stereocenters. The second kappa shape index (κ2) is 4.81. The Hall–Kier alpha value is -2.04. The van der Waals surface area contributed by atoms with Crippen LogP contribution in [-0.4, -0.2) is 16.1 Å². The first-order chi connectivity index (χ1) is 9.20. The number of furan rings is 1. The molecule has 0 bridgehead atoms. The average molecular weight is 275 g/mol. The second-order valence-corrected chi connectivity index (χ2v) is 6.09. The maximum absolute atomic E-state index is 12.3. The number of amides is 1. The average Bonchev–Trinajstić information content (AvgIpc) is 2.85. The molecule has 0 radical (unpaired) electrons. The molecule has 20 heavy (non-hydrogen) atoms. The third-order valence-corrected chi connectivity index (χ3v) is 3.42. The maximum atomic E-state index is 12.3. The molecule has 0 aliphatic heterocycles. The summed E-state index contributed by atoms with van der Waals surface area (Å²) < 4.78 is 5.47. The van der Waals surface area contributed by atoms with Gasteiger partial charge in [0.25, 0.3) is 5.91 Å². The molecule has 108 valence electrons. The quantitative estimate of drug-likeness (QED) is 0.881. The Morgan fingerprint density at radius 3 is 2.35 bits per heavy atom. The van der Waals surface area contributed by atoms with E-state index >= 15 is 0 Å². The van der Waals surface area contributed by atoms with E-state index in [9.17, 15) is 4.79 Å². The summed E-state index contributed by atoms with van der Waals surface area (Å²) in [4.78, 5) is 12.3. The van der Waals surface area contributed by atoms with Crippen molar-refractivity contribution in [3.05, 3.63) is 34.4 Å². The molecule has 2 rings (SSSR count). The number of anilines is 1. The highest BCUT2D eigenvalue weighted by molar-refractivity contribution is 6.05. The maximum Gasteiger partial charge on any atom is 0.260 e. The Kier molecular flexibility index (Phi) is 3.46. The largest absolute Gasteiger partial charge is 0.466 e. The molecule has 0 aromatic carbocycles. The Morgan fingerprint density at radius 2 is 1.90 bits per heavy atom. The fraction of sp³-hybridized carbons (Fsp3) is 0.467. The summed E-state index contributed by atoms with van der Waals surface area (Å²) >= 11 is 0. The molecule has 2 heterocycles. The molecule has 0 fully saturated rings. The Labute approximate surface area is 118 Å². The predicted molar refractivity (Wildman–Crippen MR) is 78.2 cm³/mol. The number of aromatic amines is 1. The molecule has 0 saturated heterocycles. The van der Waals surface area contributed by atoms with Crippen LogP contribution in [0.5, 0.6) is 0 Å². The van der Waals surface area contributed by atoms with Crippen LogP contribution in [0.25, 0.3) is 0 Å². The van der Waals surface area contributed by atoms with E-state index in [0.29, 0.717) is 17.1 Å². The fourth-order valence-corrected chi connectivity index (χ4v) is 2.08. The summed E-state index contributed by atoms with van der Waals surface area (Å²) in [6, 6.07) is 1.86. The van der Waals surface area contributed by atoms with Crippen LogP contribution in [0.4, 0.5) is 5.82 Å². The number of carbonyl (C=O) groups excluding carboxylic acids is 1. The number of aromatic nitrogens is 2. The van der Waals surface area contributed by atoms with Gasteiger partial charge in [-0.3, -0.25) is 9.89 Å². The highest BCUT2D eigenvalue weighted by Gasteiger charge is 2.21. The number of nitrogens with zero attached hydrogens (tertiary/aromatic N) is 1. The van der Waals surface area contributed by atoms with E-state index in [0.717, 1.165) is 17.0 Å². The highest BCUT2D eigenvalue weighted by atomic mass is 16.3. The van der Waals surface area contributed by atoms with Gasteiger partial charge in [-0.25, -0.2) is 0 Å². The zero-order valence-electron chi connectivity index (χ0n) is 12.8. The smallest absolute Gasteiger partial charge is 0.260 e. The number of aryl methyl sites for hydroxylation is 2. The summed E-state index contributed by atoms with van der Waals surface area (Å²) in [6.07, 6.45) is 0. The summed E-state index contributed by atoms with van der Waals surface area (Å²) in [5.41, 5.74) is 2.40. The molecule has 5 nitrogen and oxygen atoms in total. The molecule has 0 saturated carbocycles. The summed E-state index contributed by atoms with van der Waals surface area (Å²) in [5.74, 6) is 1.73. The van der Waals surface area contributed by atoms with Gasteiger partial charge in [-0.1, -0.05) is 20.8 Å². The normalized spacial score (nSPS) is 11.7. The van der Waals surface area contributed by atoms with Crippen LogP contribution < -0.4 is 5.32 Å². The minimum atomic E-state index is -0.191. The summed E-state index contributed by atoms with van der Waals surface area (Å²) in [6.45, 7) is 11.8. The van der Waals surface area contributed by atoms with Crippen molar-refractivity contribution in [3.8, 4) is 0 Å². The lowest BCUT2D eigenvalue weighted by Crippen LogP contribution is -2.14. The van der Waals surface area contributed by atoms with E-state index in [2.05, 4.69) is 36.3 Å². The summed E-state index contributed by atoms with van der Waals surface area (Å²) in [7, 11) is 0. The molecule has 0 unspecified atom stereocenters. The van der Waals surface area contributed by atoms with Gasteiger partial charge in [0, 0.05) is 22.7 Å². The van der Waals surface area contributed by atoms with E-state index in [1.54, 1.807) is 6.92 Å². The van der Waals surface area contributed by atoms with Crippen LogP contribution in [0, 0.1) is 20.8 Å². The van der Waals surface area contributed by atoms with Crippen molar-refractivity contribution in [1.82, 2.24) is 10.2 Å². The lowest BCUT2D eigenvalue weighted by Gasteiger charge is -2.14. The Morgan fingerprint density at radius 1 is 1.25 bits per heavy atom. The first-order valence-corrected chi connectivity index (χ1v) is 6.64. The van der Waals surface area contributed by atoms with Gasteiger partial charge >= 0.3 is 0 Å². The van der Waals surface area contributed by atoms with Gasteiger partial charge in [0.05, 0.1) is 5.56 Å². The van der Waals surface area contributed by atoms with E-state index in [-0.39, 0.29) is 11.3 Å². The van der Waals surface area contributed by atoms with E-state index in [4.69, 9.17) is 4.42 Å². The van der Waals surface area contributed by atoms with Gasteiger partial charge in [-0.05, 0) is 20.8 Å². The van der Waals surface area contributed by atoms with Crippen molar-refractivity contribution in [1.29, 1.82) is 0 Å². The molecular weight excluding hydrogens is 254 g/mol. The zero-order valence-corrected chi connectivity index (χ0v) is 12.8. The van der Waals surface area contributed by atoms with Crippen molar-refractivity contribution >= 4 is 11.7 Å². The third-order valence-electron chi connectivity index (χ3n) is 3.42. The topological polar surface area (TPSA) is 70.9 Å². The van der Waals surface area contributed by atoms with Crippen molar-refractivity contribution in [3.63, 3.8) is 0 Å². The van der Waals surface area contributed by atoms with Crippen LogP contribution in [0.2, 0.25) is 0 Å². The lowest BCUT2D eigenvalue weighted by molar-refractivity contribution is 0.102. The van der Waals surface area contributed by atoms with E-state index < -0.39 is 0 Å². The molecule has 2 aromatic rings. The van der Waals surface area contributed by atoms with Gasteiger partial charge < -0.3 is 9.73 Å². The van der Waals surface area contributed by atoms with Gasteiger partial charge in [-0.2, -0.15) is 5.10 Å². The minimum Gasteiger partial charge on any atom is -0.466 e. The van der Waals surface area contributed by atoms with Crippen LogP contribution in [0.1, 0.15) is 53.9 Å². The van der Waals surface area contributed by atoms with Crippen LogP contribution >= 0.6 is 0 Å². The summed E-state index contributed by atoms with van der Waals surface area (Å²) in [5, 5.41) is 9.88. The Balaban J connectivity index is 2.22.